The Labute approximate surface area is 119 Å². The first kappa shape index (κ1) is 13.0. The fraction of sp³-hybridized carbons (Fsp3) is 0.353. The molecule has 20 heavy (non-hydrogen) atoms. The first-order valence-corrected chi connectivity index (χ1v) is 7.09. The van der Waals surface area contributed by atoms with Crippen LogP contribution in [0.25, 0.3) is 0 Å². The van der Waals surface area contributed by atoms with Crippen LogP contribution in [0.4, 0.5) is 0 Å². The van der Waals surface area contributed by atoms with Gasteiger partial charge in [0.1, 0.15) is 5.76 Å². The number of furan rings is 1. The van der Waals surface area contributed by atoms with Crippen molar-refractivity contribution in [3.05, 3.63) is 60.1 Å². The molecule has 1 unspecified atom stereocenters. The average molecular weight is 269 g/mol. The molecular formula is C17H19NO2. The third-order valence-corrected chi connectivity index (χ3v) is 3.98. The number of carbonyl (C=O) groups is 1. The SMILES string of the molecule is CC(Cc1ccco1)NC(=O)C1(c2ccccc2)CC1. The molecule has 0 spiro atoms. The van der Waals surface area contributed by atoms with Crippen LogP contribution in [0.2, 0.25) is 0 Å². The molecule has 1 atom stereocenters. The quantitative estimate of drug-likeness (QED) is 0.906. The molecule has 0 aliphatic heterocycles. The molecule has 1 aromatic heterocycles. The fourth-order valence-electron chi connectivity index (χ4n) is 2.67. The van der Waals surface area contributed by atoms with Crippen molar-refractivity contribution in [3.63, 3.8) is 0 Å². The van der Waals surface area contributed by atoms with E-state index in [2.05, 4.69) is 5.32 Å². The van der Waals surface area contributed by atoms with Crippen molar-refractivity contribution in [1.29, 1.82) is 0 Å². The van der Waals surface area contributed by atoms with Crippen molar-refractivity contribution in [2.75, 3.05) is 0 Å². The summed E-state index contributed by atoms with van der Waals surface area (Å²) in [7, 11) is 0. The Balaban J connectivity index is 1.65. The zero-order chi connectivity index (χ0) is 14.0. The Bertz CT molecular complexity index is 570. The second-order valence-corrected chi connectivity index (χ2v) is 5.61. The lowest BCUT2D eigenvalue weighted by atomic mass is 9.94. The van der Waals surface area contributed by atoms with Crippen LogP contribution in [0.3, 0.4) is 0 Å². The molecule has 104 valence electrons. The Kier molecular flexibility index (Phi) is 3.35. The van der Waals surface area contributed by atoms with Gasteiger partial charge in [-0.3, -0.25) is 4.79 Å². The number of hydrogen-bond acceptors (Lipinski definition) is 2. The summed E-state index contributed by atoms with van der Waals surface area (Å²) in [6.07, 6.45) is 4.27. The van der Waals surface area contributed by atoms with Crippen molar-refractivity contribution in [1.82, 2.24) is 5.32 Å². The van der Waals surface area contributed by atoms with Gasteiger partial charge in [-0.2, -0.15) is 0 Å². The predicted molar refractivity (Wildman–Crippen MR) is 77.4 cm³/mol. The van der Waals surface area contributed by atoms with Crippen molar-refractivity contribution in [2.24, 2.45) is 0 Å². The van der Waals surface area contributed by atoms with Crippen molar-refractivity contribution < 1.29 is 9.21 Å². The van der Waals surface area contributed by atoms with Gasteiger partial charge in [0.2, 0.25) is 5.91 Å². The van der Waals surface area contributed by atoms with E-state index in [-0.39, 0.29) is 17.4 Å². The maximum absolute atomic E-state index is 12.5. The summed E-state index contributed by atoms with van der Waals surface area (Å²) in [5.74, 6) is 1.05. The van der Waals surface area contributed by atoms with Crippen LogP contribution in [-0.4, -0.2) is 11.9 Å². The molecule has 3 rings (SSSR count). The van der Waals surface area contributed by atoms with Crippen molar-refractivity contribution in [2.45, 2.75) is 37.6 Å². The van der Waals surface area contributed by atoms with E-state index in [9.17, 15) is 4.79 Å². The normalized spacial score (nSPS) is 17.4. The topological polar surface area (TPSA) is 42.2 Å². The molecule has 0 bridgehead atoms. The van der Waals surface area contributed by atoms with Crippen LogP contribution < -0.4 is 5.32 Å². The van der Waals surface area contributed by atoms with Crippen LogP contribution >= 0.6 is 0 Å². The van der Waals surface area contributed by atoms with E-state index in [1.807, 2.05) is 49.4 Å². The highest BCUT2D eigenvalue weighted by Gasteiger charge is 2.51. The Hall–Kier alpha value is -2.03. The number of amides is 1. The first-order chi connectivity index (χ1) is 9.71. The van der Waals surface area contributed by atoms with Crippen LogP contribution in [0, 0.1) is 0 Å². The van der Waals surface area contributed by atoms with E-state index in [1.54, 1.807) is 6.26 Å². The molecular weight excluding hydrogens is 250 g/mol. The van der Waals surface area contributed by atoms with Gasteiger partial charge in [0.15, 0.2) is 0 Å². The lowest BCUT2D eigenvalue weighted by molar-refractivity contribution is -0.124. The van der Waals surface area contributed by atoms with Gasteiger partial charge in [0.25, 0.3) is 0 Å². The van der Waals surface area contributed by atoms with E-state index in [1.165, 1.54) is 0 Å². The fourth-order valence-corrected chi connectivity index (χ4v) is 2.67. The van der Waals surface area contributed by atoms with Crippen LogP contribution in [0.5, 0.6) is 0 Å². The van der Waals surface area contributed by atoms with E-state index in [4.69, 9.17) is 4.42 Å². The van der Waals surface area contributed by atoms with Gasteiger partial charge in [0, 0.05) is 12.5 Å². The molecule has 0 radical (unpaired) electrons. The highest BCUT2D eigenvalue weighted by molar-refractivity contribution is 5.91. The zero-order valence-electron chi connectivity index (χ0n) is 11.6. The van der Waals surface area contributed by atoms with Gasteiger partial charge in [-0.15, -0.1) is 0 Å². The lowest BCUT2D eigenvalue weighted by Gasteiger charge is -2.19. The molecule has 2 aromatic rings. The molecule has 1 aliphatic rings. The maximum atomic E-state index is 12.5. The Morgan fingerprint density at radius 2 is 2.00 bits per heavy atom. The second kappa shape index (κ2) is 5.16. The number of carbonyl (C=O) groups excluding carboxylic acids is 1. The minimum absolute atomic E-state index is 0.0786. The van der Waals surface area contributed by atoms with Crippen LogP contribution in [0.1, 0.15) is 31.1 Å². The summed E-state index contributed by atoms with van der Waals surface area (Å²) in [6, 6.07) is 14.0. The van der Waals surface area contributed by atoms with Crippen LogP contribution in [-0.2, 0) is 16.6 Å². The second-order valence-electron chi connectivity index (χ2n) is 5.61. The molecule has 1 fully saturated rings. The van der Waals surface area contributed by atoms with E-state index >= 15 is 0 Å². The first-order valence-electron chi connectivity index (χ1n) is 7.09. The summed E-state index contributed by atoms with van der Waals surface area (Å²) < 4.78 is 5.32. The molecule has 3 heteroatoms. The molecule has 1 aliphatic carbocycles. The third-order valence-electron chi connectivity index (χ3n) is 3.98. The van der Waals surface area contributed by atoms with Gasteiger partial charge in [-0.05, 0) is 37.5 Å². The molecule has 1 aromatic carbocycles. The minimum Gasteiger partial charge on any atom is -0.469 e. The summed E-state index contributed by atoms with van der Waals surface area (Å²) in [6.45, 7) is 2.02. The van der Waals surface area contributed by atoms with Gasteiger partial charge in [0.05, 0.1) is 11.7 Å². The van der Waals surface area contributed by atoms with Gasteiger partial charge < -0.3 is 9.73 Å². The van der Waals surface area contributed by atoms with E-state index < -0.39 is 0 Å². The van der Waals surface area contributed by atoms with Crippen molar-refractivity contribution >= 4 is 5.91 Å². The Morgan fingerprint density at radius 1 is 1.25 bits per heavy atom. The number of rotatable bonds is 5. The minimum atomic E-state index is -0.293. The third kappa shape index (κ3) is 2.48. The average Bonchev–Trinajstić information content (AvgIpc) is 3.13. The molecule has 1 N–H and O–H groups in total. The molecule has 3 nitrogen and oxygen atoms in total. The van der Waals surface area contributed by atoms with Gasteiger partial charge in [-0.1, -0.05) is 30.3 Å². The highest BCUT2D eigenvalue weighted by atomic mass is 16.3. The van der Waals surface area contributed by atoms with Crippen LogP contribution in [0.15, 0.2) is 53.1 Å². The molecule has 1 saturated carbocycles. The highest BCUT2D eigenvalue weighted by Crippen LogP contribution is 2.48. The van der Waals surface area contributed by atoms with E-state index in [0.717, 1.165) is 30.6 Å². The number of nitrogens with one attached hydrogen (secondary N) is 1. The summed E-state index contributed by atoms with van der Waals surface area (Å²) in [5, 5.41) is 3.12. The predicted octanol–water partition coefficient (Wildman–Crippen LogP) is 3.06. The Morgan fingerprint density at radius 3 is 2.60 bits per heavy atom. The van der Waals surface area contributed by atoms with E-state index in [0.29, 0.717) is 0 Å². The molecule has 0 saturated heterocycles. The summed E-state index contributed by atoms with van der Waals surface area (Å²) in [4.78, 5) is 12.5. The largest absolute Gasteiger partial charge is 0.469 e. The number of hydrogen-bond donors (Lipinski definition) is 1. The van der Waals surface area contributed by atoms with Crippen molar-refractivity contribution in [3.8, 4) is 0 Å². The summed E-state index contributed by atoms with van der Waals surface area (Å²) >= 11 is 0. The lowest BCUT2D eigenvalue weighted by Crippen LogP contribution is -2.41. The van der Waals surface area contributed by atoms with Gasteiger partial charge >= 0.3 is 0 Å². The zero-order valence-corrected chi connectivity index (χ0v) is 11.6. The monoisotopic (exact) mass is 269 g/mol. The molecule has 1 heterocycles. The number of benzene rings is 1. The smallest absolute Gasteiger partial charge is 0.230 e. The standard InChI is InChI=1S/C17H19NO2/c1-13(12-15-8-5-11-20-15)18-16(19)17(9-10-17)14-6-3-2-4-7-14/h2-8,11,13H,9-10,12H2,1H3,(H,18,19). The maximum Gasteiger partial charge on any atom is 0.230 e. The van der Waals surface area contributed by atoms with Gasteiger partial charge in [-0.25, -0.2) is 0 Å². The summed E-state index contributed by atoms with van der Waals surface area (Å²) in [5.41, 5.74) is 0.835. The molecule has 1 amide bonds.